The number of carbonyl (C=O) groups is 2. The van der Waals surface area contributed by atoms with Gasteiger partial charge in [0.15, 0.2) is 4.34 Å². The summed E-state index contributed by atoms with van der Waals surface area (Å²) < 4.78 is 1.68. The van der Waals surface area contributed by atoms with Crippen LogP contribution < -0.4 is 10.6 Å². The van der Waals surface area contributed by atoms with Crippen LogP contribution in [-0.4, -0.2) is 58.8 Å². The van der Waals surface area contributed by atoms with E-state index in [1.165, 1.54) is 23.1 Å². The Morgan fingerprint density at radius 2 is 1.84 bits per heavy atom. The van der Waals surface area contributed by atoms with E-state index >= 15 is 0 Å². The quantitative estimate of drug-likeness (QED) is 0.711. The molecule has 132 valence electrons. The zero-order valence-corrected chi connectivity index (χ0v) is 16.4. The van der Waals surface area contributed by atoms with Crippen molar-refractivity contribution in [2.75, 3.05) is 36.8 Å². The fraction of sp³-hybridized carbons (Fsp3) is 0.333. The van der Waals surface area contributed by atoms with Crippen molar-refractivity contribution in [2.24, 2.45) is 5.73 Å². The van der Waals surface area contributed by atoms with Gasteiger partial charge in [-0.1, -0.05) is 39.0 Å². The Morgan fingerprint density at radius 1 is 1.16 bits per heavy atom. The Bertz CT molecular complexity index is 760. The number of benzene rings is 1. The summed E-state index contributed by atoms with van der Waals surface area (Å²) in [5, 5.41) is 9.05. The normalized spacial score (nSPS) is 14.6. The summed E-state index contributed by atoms with van der Waals surface area (Å²) in [5.74, 6) is -0.131. The first-order chi connectivity index (χ1) is 12.0. The van der Waals surface area contributed by atoms with E-state index in [2.05, 4.69) is 31.0 Å². The largest absolute Gasteiger partial charge is 0.369 e. The van der Waals surface area contributed by atoms with Crippen LogP contribution in [0.15, 0.2) is 33.1 Å². The molecule has 0 unspecified atom stereocenters. The molecule has 1 aromatic carbocycles. The van der Waals surface area contributed by atoms with Gasteiger partial charge in [-0.25, -0.2) is 0 Å². The second-order valence-corrected chi connectivity index (χ2v) is 8.49. The molecule has 0 radical (unpaired) electrons. The molecule has 3 rings (SSSR count). The molecule has 2 amide bonds. The fourth-order valence-corrected chi connectivity index (χ4v) is 4.29. The van der Waals surface area contributed by atoms with Crippen LogP contribution in [0.3, 0.4) is 0 Å². The first kappa shape index (κ1) is 18.2. The second kappa shape index (κ2) is 8.15. The summed E-state index contributed by atoms with van der Waals surface area (Å²) in [6.45, 7) is 2.69. The summed E-state index contributed by atoms with van der Waals surface area (Å²) in [5.41, 5.74) is 5.83. The number of primary amides is 1. The minimum atomic E-state index is -0.373. The Labute approximate surface area is 161 Å². The van der Waals surface area contributed by atoms with Crippen molar-refractivity contribution < 1.29 is 9.59 Å². The molecular formula is C15H16BrN5O2S2. The number of hydrogen-bond donors (Lipinski definition) is 1. The van der Waals surface area contributed by atoms with Gasteiger partial charge in [0.1, 0.15) is 0 Å². The van der Waals surface area contributed by atoms with Gasteiger partial charge in [-0.05, 0) is 24.3 Å². The molecule has 0 aliphatic carbocycles. The number of halogens is 1. The Hall–Kier alpha value is -1.65. The minimum absolute atomic E-state index is 0.0436. The first-order valence-electron chi connectivity index (χ1n) is 7.57. The number of aromatic nitrogens is 2. The molecule has 0 spiro atoms. The van der Waals surface area contributed by atoms with Gasteiger partial charge < -0.3 is 15.5 Å². The van der Waals surface area contributed by atoms with Crippen LogP contribution in [0.2, 0.25) is 0 Å². The van der Waals surface area contributed by atoms with Crippen molar-refractivity contribution >= 4 is 56.0 Å². The van der Waals surface area contributed by atoms with Gasteiger partial charge in [0.25, 0.3) is 5.91 Å². The number of nitrogens with two attached hydrogens (primary N) is 1. The van der Waals surface area contributed by atoms with Crippen LogP contribution in [0, 0.1) is 0 Å². The van der Waals surface area contributed by atoms with Crippen molar-refractivity contribution in [1.82, 2.24) is 15.1 Å². The van der Waals surface area contributed by atoms with Gasteiger partial charge in [-0.3, -0.25) is 9.59 Å². The number of hydrogen-bond acceptors (Lipinski definition) is 7. The molecule has 1 aliphatic rings. The van der Waals surface area contributed by atoms with Crippen molar-refractivity contribution in [2.45, 2.75) is 4.34 Å². The van der Waals surface area contributed by atoms with Crippen LogP contribution in [0.4, 0.5) is 5.13 Å². The highest BCUT2D eigenvalue weighted by Crippen LogP contribution is 2.28. The van der Waals surface area contributed by atoms with E-state index < -0.39 is 0 Å². The van der Waals surface area contributed by atoms with Gasteiger partial charge in [-0.2, -0.15) is 0 Å². The zero-order valence-electron chi connectivity index (χ0n) is 13.2. The summed E-state index contributed by atoms with van der Waals surface area (Å²) >= 11 is 6.11. The lowest BCUT2D eigenvalue weighted by molar-refractivity contribution is -0.115. The van der Waals surface area contributed by atoms with Crippen molar-refractivity contribution in [3.05, 3.63) is 34.3 Å². The van der Waals surface area contributed by atoms with Crippen molar-refractivity contribution in [3.63, 3.8) is 0 Å². The van der Waals surface area contributed by atoms with E-state index in [1.807, 2.05) is 29.2 Å². The molecule has 1 aromatic heterocycles. The lowest BCUT2D eigenvalue weighted by atomic mass is 10.2. The van der Waals surface area contributed by atoms with E-state index in [9.17, 15) is 9.59 Å². The number of amides is 2. The third kappa shape index (κ3) is 4.71. The highest BCUT2D eigenvalue weighted by molar-refractivity contribution is 9.10. The SMILES string of the molecule is NC(=O)CSc1nnc(N2CCN(C(=O)c3ccc(Br)cc3)CC2)s1. The van der Waals surface area contributed by atoms with Crippen molar-refractivity contribution in [1.29, 1.82) is 0 Å². The molecule has 0 saturated carbocycles. The van der Waals surface area contributed by atoms with Gasteiger partial charge in [-0.15, -0.1) is 10.2 Å². The van der Waals surface area contributed by atoms with E-state index in [0.29, 0.717) is 31.7 Å². The van der Waals surface area contributed by atoms with Gasteiger partial charge >= 0.3 is 0 Å². The minimum Gasteiger partial charge on any atom is -0.369 e. The third-order valence-electron chi connectivity index (χ3n) is 3.66. The summed E-state index contributed by atoms with van der Waals surface area (Å²) in [6, 6.07) is 7.39. The molecule has 7 nitrogen and oxygen atoms in total. The number of piperazine rings is 1. The lowest BCUT2D eigenvalue weighted by Crippen LogP contribution is -2.48. The van der Waals surface area contributed by atoms with Gasteiger partial charge in [0.05, 0.1) is 5.75 Å². The summed E-state index contributed by atoms with van der Waals surface area (Å²) in [4.78, 5) is 27.3. The molecule has 1 aliphatic heterocycles. The number of anilines is 1. The lowest BCUT2D eigenvalue weighted by Gasteiger charge is -2.34. The number of thioether (sulfide) groups is 1. The molecule has 0 atom stereocenters. The van der Waals surface area contributed by atoms with Crippen LogP contribution in [0.25, 0.3) is 0 Å². The number of rotatable bonds is 5. The third-order valence-corrected chi connectivity index (χ3v) is 6.33. The molecule has 2 aromatic rings. The molecule has 10 heteroatoms. The Kier molecular flexibility index (Phi) is 5.92. The average molecular weight is 442 g/mol. The molecule has 2 N–H and O–H groups in total. The standard InChI is InChI=1S/C15H16BrN5O2S2/c16-11-3-1-10(2-4-11)13(23)20-5-7-21(8-6-20)14-18-19-15(25-14)24-9-12(17)22/h1-4H,5-9H2,(H2,17,22). The summed E-state index contributed by atoms with van der Waals surface area (Å²) in [6.07, 6.45) is 0. The van der Waals surface area contributed by atoms with E-state index in [1.54, 1.807) is 0 Å². The number of nitrogens with zero attached hydrogens (tertiary/aromatic N) is 4. The maximum absolute atomic E-state index is 12.5. The molecule has 1 saturated heterocycles. The maximum atomic E-state index is 12.5. The molecular weight excluding hydrogens is 426 g/mol. The van der Waals surface area contributed by atoms with Crippen LogP contribution in [0.1, 0.15) is 10.4 Å². The average Bonchev–Trinajstić information content (AvgIpc) is 3.09. The highest BCUT2D eigenvalue weighted by Gasteiger charge is 2.24. The van der Waals surface area contributed by atoms with Crippen LogP contribution >= 0.6 is 39.0 Å². The van der Waals surface area contributed by atoms with E-state index in [4.69, 9.17) is 5.73 Å². The molecule has 0 bridgehead atoms. The van der Waals surface area contributed by atoms with Crippen molar-refractivity contribution in [3.8, 4) is 0 Å². The fourth-order valence-electron chi connectivity index (χ4n) is 2.40. The molecule has 1 fully saturated rings. The topological polar surface area (TPSA) is 92.4 Å². The second-order valence-electron chi connectivity index (χ2n) is 5.39. The number of carbonyl (C=O) groups excluding carboxylic acids is 2. The van der Waals surface area contributed by atoms with Gasteiger partial charge in [0.2, 0.25) is 11.0 Å². The summed E-state index contributed by atoms with van der Waals surface area (Å²) in [7, 11) is 0. The first-order valence-corrected chi connectivity index (χ1v) is 10.2. The molecule has 25 heavy (non-hydrogen) atoms. The van der Waals surface area contributed by atoms with E-state index in [0.717, 1.165) is 13.9 Å². The monoisotopic (exact) mass is 441 g/mol. The predicted octanol–water partition coefficient (Wildman–Crippen LogP) is 1.84. The van der Waals surface area contributed by atoms with Crippen LogP contribution in [0.5, 0.6) is 0 Å². The predicted molar refractivity (Wildman–Crippen MR) is 102 cm³/mol. The molecule has 2 heterocycles. The zero-order chi connectivity index (χ0) is 17.8. The highest BCUT2D eigenvalue weighted by atomic mass is 79.9. The van der Waals surface area contributed by atoms with Gasteiger partial charge in [0, 0.05) is 36.2 Å². The smallest absolute Gasteiger partial charge is 0.253 e. The Morgan fingerprint density at radius 3 is 2.48 bits per heavy atom. The van der Waals surface area contributed by atoms with Crippen LogP contribution in [-0.2, 0) is 4.79 Å². The Balaban J connectivity index is 1.55. The van der Waals surface area contributed by atoms with E-state index in [-0.39, 0.29) is 17.6 Å². The maximum Gasteiger partial charge on any atom is 0.253 e.